The predicted molar refractivity (Wildman–Crippen MR) is 91.1 cm³/mol. The van der Waals surface area contributed by atoms with E-state index in [0.29, 0.717) is 29.7 Å². The van der Waals surface area contributed by atoms with Gasteiger partial charge < -0.3 is 9.32 Å². The molecule has 1 amide bonds. The number of piperidine rings is 1. The highest BCUT2D eigenvalue weighted by Gasteiger charge is 2.41. The molecule has 0 radical (unpaired) electrons. The van der Waals surface area contributed by atoms with Crippen molar-refractivity contribution < 1.29 is 13.6 Å². The maximum absolute atomic E-state index is 13.9. The lowest BCUT2D eigenvalue weighted by atomic mass is 9.88. The number of halogens is 1. The summed E-state index contributed by atoms with van der Waals surface area (Å²) in [4.78, 5) is 20.9. The number of benzene rings is 1. The monoisotopic (exact) mass is 343 g/mol. The Morgan fingerprint density at radius 3 is 2.92 bits per heavy atom. The van der Waals surface area contributed by atoms with Crippen LogP contribution in [0.5, 0.6) is 0 Å². The molecule has 0 unspecified atom stereocenters. The van der Waals surface area contributed by atoms with Crippen LogP contribution in [0.15, 0.2) is 28.7 Å². The molecule has 2 saturated heterocycles. The van der Waals surface area contributed by atoms with Crippen LogP contribution in [0.1, 0.15) is 17.9 Å². The van der Waals surface area contributed by atoms with E-state index in [9.17, 15) is 9.18 Å². The number of likely N-dealkylation sites (tertiary alicyclic amines) is 2. The number of aryl methyl sites for hydroxylation is 1. The molecule has 132 valence electrons. The van der Waals surface area contributed by atoms with E-state index in [0.717, 1.165) is 31.7 Å². The lowest BCUT2D eigenvalue weighted by Crippen LogP contribution is -2.42. The largest absolute Gasteiger partial charge is 0.441 e. The van der Waals surface area contributed by atoms with Gasteiger partial charge in [0.2, 0.25) is 11.8 Å². The number of carbonyl (C=O) groups excluding carboxylic acids is 1. The molecule has 3 heterocycles. The molecule has 2 aliphatic heterocycles. The Morgan fingerprint density at radius 2 is 2.12 bits per heavy atom. The summed E-state index contributed by atoms with van der Waals surface area (Å²) in [5.41, 5.74) is 1.20. The van der Waals surface area contributed by atoms with Crippen molar-refractivity contribution in [2.45, 2.75) is 19.9 Å². The van der Waals surface area contributed by atoms with Crippen molar-refractivity contribution in [3.05, 3.63) is 41.5 Å². The number of amides is 1. The van der Waals surface area contributed by atoms with Gasteiger partial charge >= 0.3 is 0 Å². The quantitative estimate of drug-likeness (QED) is 0.860. The van der Waals surface area contributed by atoms with E-state index in [4.69, 9.17) is 4.42 Å². The molecular weight excluding hydrogens is 321 g/mol. The second kappa shape index (κ2) is 6.26. The van der Waals surface area contributed by atoms with Gasteiger partial charge in [-0.15, -0.1) is 0 Å². The molecule has 0 spiro atoms. The lowest BCUT2D eigenvalue weighted by molar-refractivity contribution is -0.137. The number of oxazole rings is 1. The van der Waals surface area contributed by atoms with Crippen molar-refractivity contribution in [3.8, 4) is 11.5 Å². The molecule has 2 aromatic rings. The van der Waals surface area contributed by atoms with Crippen LogP contribution in [0, 0.1) is 24.6 Å². The normalized spacial score (nSPS) is 24.0. The third-order valence-corrected chi connectivity index (χ3v) is 5.42. The van der Waals surface area contributed by atoms with Gasteiger partial charge in [-0.3, -0.25) is 9.69 Å². The third-order valence-electron chi connectivity index (χ3n) is 5.42. The zero-order valence-corrected chi connectivity index (χ0v) is 14.5. The summed E-state index contributed by atoms with van der Waals surface area (Å²) < 4.78 is 19.6. The van der Waals surface area contributed by atoms with Gasteiger partial charge in [0.05, 0.1) is 17.2 Å². The summed E-state index contributed by atoms with van der Waals surface area (Å²) in [6, 6.07) is 6.49. The van der Waals surface area contributed by atoms with Crippen LogP contribution in [0.25, 0.3) is 11.5 Å². The zero-order valence-electron chi connectivity index (χ0n) is 14.5. The highest BCUT2D eigenvalue weighted by atomic mass is 19.1. The minimum Gasteiger partial charge on any atom is -0.441 e. The second-order valence-electron chi connectivity index (χ2n) is 7.11. The fourth-order valence-electron chi connectivity index (χ4n) is 3.95. The van der Waals surface area contributed by atoms with Crippen LogP contribution < -0.4 is 0 Å². The first-order valence-corrected chi connectivity index (χ1v) is 8.71. The fourth-order valence-corrected chi connectivity index (χ4v) is 3.95. The number of hydrogen-bond acceptors (Lipinski definition) is 4. The molecule has 1 aromatic carbocycles. The Hall–Kier alpha value is -2.21. The average molecular weight is 343 g/mol. The molecule has 2 fully saturated rings. The van der Waals surface area contributed by atoms with Crippen LogP contribution in [-0.4, -0.2) is 47.4 Å². The summed E-state index contributed by atoms with van der Waals surface area (Å²) in [6.45, 7) is 5.00. The van der Waals surface area contributed by atoms with E-state index in [1.165, 1.54) is 6.07 Å². The third kappa shape index (κ3) is 2.95. The van der Waals surface area contributed by atoms with E-state index >= 15 is 0 Å². The minimum atomic E-state index is -0.337. The predicted octanol–water partition coefficient (Wildman–Crippen LogP) is 2.70. The highest BCUT2D eigenvalue weighted by Crippen LogP contribution is 2.33. The van der Waals surface area contributed by atoms with Gasteiger partial charge in [0.15, 0.2) is 0 Å². The number of nitrogens with zero attached hydrogens (tertiary/aromatic N) is 3. The van der Waals surface area contributed by atoms with Crippen LogP contribution in [-0.2, 0) is 11.3 Å². The Morgan fingerprint density at radius 1 is 1.32 bits per heavy atom. The Balaban J connectivity index is 1.51. The van der Waals surface area contributed by atoms with E-state index in [1.54, 1.807) is 18.2 Å². The SMILES string of the molecule is Cc1oc(-c2ccccc2F)nc1CN1C[C@H]2CCN(C)C(=O)[C@H]2C1. The van der Waals surface area contributed by atoms with Gasteiger partial charge in [-0.25, -0.2) is 9.37 Å². The second-order valence-corrected chi connectivity index (χ2v) is 7.11. The van der Waals surface area contributed by atoms with E-state index in [1.807, 2.05) is 18.9 Å². The summed E-state index contributed by atoms with van der Waals surface area (Å²) >= 11 is 0. The molecule has 1 aromatic heterocycles. The molecule has 5 nitrogen and oxygen atoms in total. The smallest absolute Gasteiger partial charge is 0.229 e. The van der Waals surface area contributed by atoms with Crippen molar-refractivity contribution >= 4 is 5.91 Å². The van der Waals surface area contributed by atoms with Crippen LogP contribution in [0.3, 0.4) is 0 Å². The number of hydrogen-bond donors (Lipinski definition) is 0. The molecule has 25 heavy (non-hydrogen) atoms. The fraction of sp³-hybridized carbons (Fsp3) is 0.474. The lowest BCUT2D eigenvalue weighted by Gasteiger charge is -2.30. The molecule has 0 bridgehead atoms. The van der Waals surface area contributed by atoms with Gasteiger partial charge in [0.1, 0.15) is 11.6 Å². The number of fused-ring (bicyclic) bond motifs is 1. The first kappa shape index (κ1) is 16.3. The van der Waals surface area contributed by atoms with E-state index in [2.05, 4.69) is 9.88 Å². The van der Waals surface area contributed by atoms with E-state index in [-0.39, 0.29) is 17.6 Å². The number of rotatable bonds is 3. The van der Waals surface area contributed by atoms with Crippen LogP contribution in [0.4, 0.5) is 4.39 Å². The van der Waals surface area contributed by atoms with Crippen LogP contribution in [0.2, 0.25) is 0 Å². The molecule has 0 saturated carbocycles. The molecule has 2 aliphatic rings. The maximum Gasteiger partial charge on any atom is 0.229 e. The van der Waals surface area contributed by atoms with E-state index < -0.39 is 0 Å². The van der Waals surface area contributed by atoms with Gasteiger partial charge in [0.25, 0.3) is 0 Å². The van der Waals surface area contributed by atoms with Crippen molar-refractivity contribution in [2.75, 3.05) is 26.7 Å². The standard InChI is InChI=1S/C19H22FN3O2/c1-12-17(21-18(25-12)14-5-3-4-6-16(14)20)11-23-9-13-7-8-22(2)19(24)15(13)10-23/h3-6,13,15H,7-11H2,1-2H3/t13-,15+/m1/s1. The van der Waals surface area contributed by atoms with Gasteiger partial charge in [-0.1, -0.05) is 12.1 Å². The van der Waals surface area contributed by atoms with Crippen LogP contribution >= 0.6 is 0 Å². The zero-order chi connectivity index (χ0) is 17.6. The highest BCUT2D eigenvalue weighted by molar-refractivity contribution is 5.80. The topological polar surface area (TPSA) is 49.6 Å². The molecule has 4 rings (SSSR count). The Bertz CT molecular complexity index is 804. The van der Waals surface area contributed by atoms with Crippen molar-refractivity contribution in [2.24, 2.45) is 11.8 Å². The average Bonchev–Trinajstić information content (AvgIpc) is 3.16. The minimum absolute atomic E-state index is 0.0944. The number of carbonyl (C=O) groups is 1. The molecule has 0 N–H and O–H groups in total. The summed E-state index contributed by atoms with van der Waals surface area (Å²) in [6.07, 6.45) is 1.06. The summed E-state index contributed by atoms with van der Waals surface area (Å²) in [7, 11) is 1.88. The molecular formula is C19H22FN3O2. The molecule has 2 atom stereocenters. The van der Waals surface area contributed by atoms with Crippen molar-refractivity contribution in [1.82, 2.24) is 14.8 Å². The van der Waals surface area contributed by atoms with Gasteiger partial charge in [-0.05, 0) is 31.4 Å². The molecule has 0 aliphatic carbocycles. The Labute approximate surface area is 146 Å². The number of aromatic nitrogens is 1. The first-order valence-electron chi connectivity index (χ1n) is 8.71. The summed E-state index contributed by atoms with van der Waals surface area (Å²) in [5.74, 6) is 1.47. The van der Waals surface area contributed by atoms with Crippen molar-refractivity contribution in [3.63, 3.8) is 0 Å². The van der Waals surface area contributed by atoms with Gasteiger partial charge in [0, 0.05) is 33.2 Å². The van der Waals surface area contributed by atoms with Crippen molar-refractivity contribution in [1.29, 1.82) is 0 Å². The summed E-state index contributed by atoms with van der Waals surface area (Å²) in [5, 5.41) is 0. The maximum atomic E-state index is 13.9. The first-order chi connectivity index (χ1) is 12.0. The molecule has 6 heteroatoms. The van der Waals surface area contributed by atoms with Gasteiger partial charge in [-0.2, -0.15) is 0 Å². The Kier molecular flexibility index (Phi) is 4.07.